The van der Waals surface area contributed by atoms with Crippen LogP contribution in [-0.2, 0) is 11.9 Å². The largest absolute Gasteiger partial charge is 0.390 e. The van der Waals surface area contributed by atoms with Gasteiger partial charge in [-0.25, -0.2) is 4.98 Å². The fourth-order valence-corrected chi connectivity index (χ4v) is 4.98. The molecule has 1 aromatic carbocycles. The van der Waals surface area contributed by atoms with E-state index in [9.17, 15) is 15.3 Å². The van der Waals surface area contributed by atoms with E-state index < -0.39 is 0 Å². The van der Waals surface area contributed by atoms with Gasteiger partial charge in [0, 0.05) is 26.1 Å². The Morgan fingerprint density at radius 2 is 1.76 bits per heavy atom. The predicted octanol–water partition coefficient (Wildman–Crippen LogP) is 4.89. The molecule has 0 saturated heterocycles. The Bertz CT molecular complexity index is 1460. The van der Waals surface area contributed by atoms with Crippen LogP contribution in [0.1, 0.15) is 63.3 Å². The third kappa shape index (κ3) is 5.34. The lowest BCUT2D eigenvalue weighted by molar-refractivity contribution is -0.0000287. The molecule has 1 aliphatic rings. The van der Waals surface area contributed by atoms with Gasteiger partial charge in [-0.3, -0.25) is 4.79 Å². The third-order valence-corrected chi connectivity index (χ3v) is 6.91. The van der Waals surface area contributed by atoms with E-state index in [1.165, 1.54) is 4.57 Å². The Morgan fingerprint density at radius 3 is 2.35 bits per heavy atom. The number of hydrogen-bond donors (Lipinski definition) is 0. The summed E-state index contributed by atoms with van der Waals surface area (Å²) < 4.78 is 1.42. The molecule has 1 saturated carbocycles. The van der Waals surface area contributed by atoms with Gasteiger partial charge in [-0.1, -0.05) is 35.5 Å². The van der Waals surface area contributed by atoms with Crippen LogP contribution in [-0.4, -0.2) is 34.0 Å². The van der Waals surface area contributed by atoms with E-state index in [0.29, 0.717) is 16.7 Å². The number of benzene rings is 1. The minimum Gasteiger partial charge on any atom is -0.390 e. The molecule has 4 rings (SSSR count). The zero-order valence-corrected chi connectivity index (χ0v) is 22.0. The van der Waals surface area contributed by atoms with Crippen molar-refractivity contribution < 1.29 is 4.84 Å². The van der Waals surface area contributed by atoms with Gasteiger partial charge in [-0.15, -0.1) is 0 Å². The lowest BCUT2D eigenvalue weighted by Crippen LogP contribution is -2.39. The minimum atomic E-state index is -0.388. The van der Waals surface area contributed by atoms with Crippen LogP contribution in [0, 0.1) is 28.6 Å². The molecule has 0 bridgehead atoms. The van der Waals surface area contributed by atoms with Crippen molar-refractivity contribution in [1.82, 2.24) is 9.55 Å². The quantitative estimate of drug-likeness (QED) is 0.368. The van der Waals surface area contributed by atoms with E-state index in [1.54, 1.807) is 19.2 Å². The highest BCUT2D eigenvalue weighted by Gasteiger charge is 2.31. The van der Waals surface area contributed by atoms with E-state index in [-0.39, 0.29) is 34.4 Å². The molecular formula is C29H32N6O2. The lowest BCUT2D eigenvalue weighted by atomic mass is 9.80. The number of anilines is 1. The molecule has 1 fully saturated rings. The van der Waals surface area contributed by atoms with Gasteiger partial charge in [0.25, 0.3) is 5.56 Å². The Labute approximate surface area is 217 Å². The zero-order chi connectivity index (χ0) is 26.7. The molecule has 2 heterocycles. The normalized spacial score (nSPS) is 18.2. The van der Waals surface area contributed by atoms with Crippen molar-refractivity contribution >= 4 is 22.4 Å². The van der Waals surface area contributed by atoms with Gasteiger partial charge in [0.1, 0.15) is 34.5 Å². The molecule has 0 atom stereocenters. The summed E-state index contributed by atoms with van der Waals surface area (Å²) in [6.45, 7) is 5.95. The summed E-state index contributed by atoms with van der Waals surface area (Å²) >= 11 is 0. The van der Waals surface area contributed by atoms with Crippen LogP contribution in [0.2, 0.25) is 0 Å². The fraction of sp³-hybridized carbons (Fsp3) is 0.414. The predicted molar refractivity (Wildman–Crippen MR) is 144 cm³/mol. The summed E-state index contributed by atoms with van der Waals surface area (Å²) in [5.74, 6) is 0.230. The van der Waals surface area contributed by atoms with Gasteiger partial charge in [0.05, 0.1) is 16.9 Å². The van der Waals surface area contributed by atoms with Crippen LogP contribution in [0.3, 0.4) is 0 Å². The minimum absolute atomic E-state index is 0.0485. The molecule has 2 aromatic heterocycles. The van der Waals surface area contributed by atoms with E-state index in [4.69, 9.17) is 4.84 Å². The number of aryl methyl sites for hydroxylation is 1. The molecule has 0 radical (unpaired) electrons. The molecule has 0 spiro atoms. The Hall–Kier alpha value is -4.17. The third-order valence-electron chi connectivity index (χ3n) is 6.91. The van der Waals surface area contributed by atoms with Crippen molar-refractivity contribution in [3.05, 3.63) is 69.6 Å². The summed E-state index contributed by atoms with van der Waals surface area (Å²) in [6, 6.07) is 17.7. The SMILES string of the molecule is CN(c1c(C#N)c(=O)n(C)c2ccc(C#N)nc12)C1CCC(/C(=N/OC(C)(C)C)c2ccccc2)CC1. The van der Waals surface area contributed by atoms with Crippen LogP contribution in [0.5, 0.6) is 0 Å². The maximum atomic E-state index is 13.0. The molecule has 8 nitrogen and oxygen atoms in total. The standard InChI is InChI=1S/C29H32N6O2/c1-29(2,3)37-33-25(19-9-7-6-8-10-19)20-11-14-22(15-12-20)34(4)27-23(18-31)28(36)35(5)24-16-13-21(17-30)32-26(24)27/h6-10,13,16,20,22H,11-12,14-15H2,1-5H3/b33-25+. The molecule has 190 valence electrons. The summed E-state index contributed by atoms with van der Waals surface area (Å²) in [5.41, 5.74) is 3.13. The zero-order valence-electron chi connectivity index (χ0n) is 22.0. The molecule has 37 heavy (non-hydrogen) atoms. The molecule has 0 N–H and O–H groups in total. The smallest absolute Gasteiger partial charge is 0.270 e. The summed E-state index contributed by atoms with van der Waals surface area (Å²) in [6.07, 6.45) is 3.47. The number of nitriles is 2. The van der Waals surface area contributed by atoms with Crippen LogP contribution in [0.4, 0.5) is 5.69 Å². The van der Waals surface area contributed by atoms with E-state index >= 15 is 0 Å². The van der Waals surface area contributed by atoms with Crippen LogP contribution in [0.15, 0.2) is 52.4 Å². The number of pyridine rings is 2. The Balaban J connectivity index is 1.66. The Morgan fingerprint density at radius 1 is 1.08 bits per heavy atom. The van der Waals surface area contributed by atoms with E-state index in [2.05, 4.69) is 34.4 Å². The summed E-state index contributed by atoms with van der Waals surface area (Å²) in [7, 11) is 3.54. The number of oxime groups is 1. The van der Waals surface area contributed by atoms with Gasteiger partial charge >= 0.3 is 0 Å². The number of fused-ring (bicyclic) bond motifs is 1. The maximum Gasteiger partial charge on any atom is 0.270 e. The van der Waals surface area contributed by atoms with Crippen LogP contribution >= 0.6 is 0 Å². The summed E-state index contributed by atoms with van der Waals surface area (Å²) in [4.78, 5) is 25.4. The molecule has 1 aliphatic carbocycles. The second-order valence-corrected chi connectivity index (χ2v) is 10.5. The second-order valence-electron chi connectivity index (χ2n) is 10.5. The maximum absolute atomic E-state index is 13.0. The van der Waals surface area contributed by atoms with Gasteiger partial charge in [0.15, 0.2) is 0 Å². The van der Waals surface area contributed by atoms with Crippen molar-refractivity contribution in [2.45, 2.75) is 58.1 Å². The monoisotopic (exact) mass is 496 g/mol. The average Bonchev–Trinajstić information content (AvgIpc) is 2.90. The van der Waals surface area contributed by atoms with Gasteiger partial charge in [-0.05, 0) is 64.2 Å². The first-order chi connectivity index (χ1) is 17.6. The fourth-order valence-electron chi connectivity index (χ4n) is 4.98. The first-order valence-electron chi connectivity index (χ1n) is 12.5. The topological polar surface area (TPSA) is 107 Å². The molecule has 3 aromatic rings. The molecule has 0 amide bonds. The number of rotatable bonds is 5. The number of hydrogen-bond acceptors (Lipinski definition) is 7. The highest BCUT2D eigenvalue weighted by atomic mass is 16.6. The summed E-state index contributed by atoms with van der Waals surface area (Å²) in [5, 5.41) is 23.9. The average molecular weight is 497 g/mol. The first-order valence-corrected chi connectivity index (χ1v) is 12.5. The highest BCUT2D eigenvalue weighted by molar-refractivity contribution is 6.02. The van der Waals surface area contributed by atoms with E-state index in [1.807, 2.05) is 50.9 Å². The van der Waals surface area contributed by atoms with Crippen molar-refractivity contribution in [1.29, 1.82) is 10.5 Å². The lowest BCUT2D eigenvalue weighted by Gasteiger charge is -2.37. The number of nitrogens with zero attached hydrogens (tertiary/aromatic N) is 6. The second kappa shape index (κ2) is 10.4. The number of aromatic nitrogens is 2. The molecule has 0 unspecified atom stereocenters. The van der Waals surface area contributed by atoms with Gasteiger partial charge in [-0.2, -0.15) is 10.5 Å². The van der Waals surface area contributed by atoms with Gasteiger partial charge in [0.2, 0.25) is 0 Å². The first kappa shape index (κ1) is 25.9. The van der Waals surface area contributed by atoms with Crippen molar-refractivity contribution in [2.75, 3.05) is 11.9 Å². The molecular weight excluding hydrogens is 464 g/mol. The molecule has 0 aliphatic heterocycles. The van der Waals surface area contributed by atoms with Gasteiger partial charge < -0.3 is 14.3 Å². The Kier molecular flexibility index (Phi) is 7.31. The van der Waals surface area contributed by atoms with Crippen LogP contribution in [0.25, 0.3) is 11.0 Å². The molecule has 8 heteroatoms. The van der Waals surface area contributed by atoms with Crippen LogP contribution < -0.4 is 10.5 Å². The van der Waals surface area contributed by atoms with Crippen molar-refractivity contribution in [3.63, 3.8) is 0 Å². The van der Waals surface area contributed by atoms with Crippen molar-refractivity contribution in [2.24, 2.45) is 18.1 Å². The van der Waals surface area contributed by atoms with E-state index in [0.717, 1.165) is 37.0 Å². The van der Waals surface area contributed by atoms with Crippen molar-refractivity contribution in [3.8, 4) is 12.1 Å². The highest BCUT2D eigenvalue weighted by Crippen LogP contribution is 2.35.